The lowest BCUT2D eigenvalue weighted by molar-refractivity contribution is 0.0544. The zero-order valence-electron chi connectivity index (χ0n) is 18.0. The zero-order valence-corrected chi connectivity index (χ0v) is 18.0. The van der Waals surface area contributed by atoms with Crippen molar-refractivity contribution in [1.29, 1.82) is 0 Å². The summed E-state index contributed by atoms with van der Waals surface area (Å²) in [6.07, 6.45) is 3.63. The number of carbonyl (C=O) groups excluding carboxylic acids is 1. The van der Waals surface area contributed by atoms with Crippen LogP contribution < -0.4 is 26.0 Å². The summed E-state index contributed by atoms with van der Waals surface area (Å²) in [6.45, 7) is 2.54. The maximum atomic E-state index is 12.6. The first kappa shape index (κ1) is 21.9. The van der Waals surface area contributed by atoms with Crippen LogP contribution in [0.5, 0.6) is 5.75 Å². The first-order chi connectivity index (χ1) is 15.7. The number of ether oxygens (including phenoxy) is 3. The van der Waals surface area contributed by atoms with Gasteiger partial charge in [-0.25, -0.2) is 4.79 Å². The van der Waals surface area contributed by atoms with Gasteiger partial charge in [0.15, 0.2) is 0 Å². The van der Waals surface area contributed by atoms with Crippen molar-refractivity contribution in [3.63, 3.8) is 0 Å². The Morgan fingerprint density at radius 3 is 2.62 bits per heavy atom. The molecule has 2 aromatic carbocycles. The van der Waals surface area contributed by atoms with Crippen molar-refractivity contribution in [2.75, 3.05) is 38.4 Å². The topological polar surface area (TPSA) is 98.1 Å². The number of urea groups is 1. The van der Waals surface area contributed by atoms with Crippen LogP contribution in [0.1, 0.15) is 11.1 Å². The second kappa shape index (κ2) is 10.3. The molecule has 0 fully saturated rings. The molecule has 2 aliphatic rings. The minimum absolute atomic E-state index is 0.188. The van der Waals surface area contributed by atoms with Crippen LogP contribution in [0, 0.1) is 0 Å². The Morgan fingerprint density at radius 1 is 1.03 bits per heavy atom. The summed E-state index contributed by atoms with van der Waals surface area (Å²) >= 11 is 0. The van der Waals surface area contributed by atoms with Gasteiger partial charge in [-0.15, -0.1) is 0 Å². The molecule has 0 aliphatic carbocycles. The van der Waals surface area contributed by atoms with E-state index in [9.17, 15) is 4.79 Å². The summed E-state index contributed by atoms with van der Waals surface area (Å²) in [4.78, 5) is 14.3. The van der Waals surface area contributed by atoms with Gasteiger partial charge < -0.3 is 30.6 Å². The molecule has 2 heterocycles. The Balaban J connectivity index is 1.43. The van der Waals surface area contributed by atoms with Crippen LogP contribution in [0.25, 0.3) is 5.70 Å². The number of fused-ring (bicyclic) bond motifs is 1. The molecule has 4 N–H and O–H groups in total. The van der Waals surface area contributed by atoms with Gasteiger partial charge in [0.1, 0.15) is 18.5 Å². The molecule has 0 aromatic heterocycles. The Hall–Kier alpha value is -3.33. The number of methoxy groups -OCH3 is 1. The number of anilines is 1. The standard InChI is InChI=1S/C24H28N4O4/c1-30-9-10-31-11-12-32-21-4-2-3-18(13-21)22-14-19-16-28(24(29)27-23(19)26-22)20-7-5-17(15-25)6-8-20/h2-8,13-14,16,23,26H,9-12,15,25H2,1H3,(H,27,29). The molecular formula is C24H28N4O4. The van der Waals surface area contributed by atoms with Gasteiger partial charge in [-0.2, -0.15) is 0 Å². The van der Waals surface area contributed by atoms with E-state index in [1.54, 1.807) is 12.0 Å². The molecule has 0 radical (unpaired) electrons. The fourth-order valence-corrected chi connectivity index (χ4v) is 3.53. The minimum Gasteiger partial charge on any atom is -0.491 e. The number of nitrogens with zero attached hydrogens (tertiary/aromatic N) is 1. The molecule has 0 saturated carbocycles. The number of nitrogens with two attached hydrogens (primary N) is 1. The predicted octanol–water partition coefficient (Wildman–Crippen LogP) is 2.57. The molecule has 32 heavy (non-hydrogen) atoms. The third-order valence-corrected chi connectivity index (χ3v) is 5.23. The van der Waals surface area contributed by atoms with Gasteiger partial charge in [0.25, 0.3) is 0 Å². The van der Waals surface area contributed by atoms with E-state index in [0.29, 0.717) is 33.0 Å². The van der Waals surface area contributed by atoms with E-state index >= 15 is 0 Å². The highest BCUT2D eigenvalue weighted by molar-refractivity contribution is 5.96. The summed E-state index contributed by atoms with van der Waals surface area (Å²) in [5, 5.41) is 6.37. The van der Waals surface area contributed by atoms with Crippen LogP contribution in [0.15, 0.2) is 66.4 Å². The van der Waals surface area contributed by atoms with E-state index in [2.05, 4.69) is 10.6 Å². The molecule has 168 valence electrons. The normalized spacial score (nSPS) is 17.2. The number of carbonyl (C=O) groups is 1. The van der Waals surface area contributed by atoms with Crippen molar-refractivity contribution in [1.82, 2.24) is 10.6 Å². The average molecular weight is 437 g/mol. The summed E-state index contributed by atoms with van der Waals surface area (Å²) in [6, 6.07) is 15.3. The van der Waals surface area contributed by atoms with Crippen LogP contribution in [0.4, 0.5) is 10.5 Å². The molecule has 2 aliphatic heterocycles. The van der Waals surface area contributed by atoms with E-state index in [-0.39, 0.29) is 12.2 Å². The smallest absolute Gasteiger partial charge is 0.327 e. The predicted molar refractivity (Wildman–Crippen MR) is 123 cm³/mol. The fourth-order valence-electron chi connectivity index (χ4n) is 3.53. The molecule has 8 heteroatoms. The van der Waals surface area contributed by atoms with Crippen molar-refractivity contribution in [3.05, 3.63) is 77.5 Å². The fraction of sp³-hybridized carbons (Fsp3) is 0.292. The zero-order chi connectivity index (χ0) is 22.3. The Kier molecular flexibility index (Phi) is 7.06. The number of hydrogen-bond donors (Lipinski definition) is 3. The summed E-state index contributed by atoms with van der Waals surface area (Å²) < 4.78 is 16.2. The highest BCUT2D eigenvalue weighted by Gasteiger charge is 2.31. The molecule has 1 unspecified atom stereocenters. The third-order valence-electron chi connectivity index (χ3n) is 5.23. The Morgan fingerprint density at radius 2 is 1.84 bits per heavy atom. The van der Waals surface area contributed by atoms with Crippen molar-refractivity contribution in [2.24, 2.45) is 5.73 Å². The lowest BCUT2D eigenvalue weighted by Gasteiger charge is -2.29. The molecule has 2 amide bonds. The monoisotopic (exact) mass is 436 g/mol. The lowest BCUT2D eigenvalue weighted by Crippen LogP contribution is -2.51. The third kappa shape index (κ3) is 5.11. The van der Waals surface area contributed by atoms with Crippen molar-refractivity contribution < 1.29 is 19.0 Å². The van der Waals surface area contributed by atoms with Crippen LogP contribution >= 0.6 is 0 Å². The average Bonchev–Trinajstić information content (AvgIpc) is 3.24. The largest absolute Gasteiger partial charge is 0.491 e. The lowest BCUT2D eigenvalue weighted by atomic mass is 10.1. The van der Waals surface area contributed by atoms with Gasteiger partial charge in [0, 0.05) is 36.7 Å². The van der Waals surface area contributed by atoms with E-state index in [1.807, 2.05) is 60.8 Å². The number of nitrogens with one attached hydrogen (secondary N) is 2. The molecular weight excluding hydrogens is 408 g/mol. The van der Waals surface area contributed by atoms with Crippen LogP contribution in [-0.4, -0.2) is 45.7 Å². The number of hydrogen-bond acceptors (Lipinski definition) is 6. The van der Waals surface area contributed by atoms with Gasteiger partial charge in [-0.05, 0) is 35.9 Å². The highest BCUT2D eigenvalue weighted by atomic mass is 16.5. The molecule has 0 spiro atoms. The van der Waals surface area contributed by atoms with E-state index in [1.165, 1.54) is 0 Å². The molecule has 2 aromatic rings. The Labute approximate surface area is 187 Å². The van der Waals surface area contributed by atoms with E-state index < -0.39 is 0 Å². The van der Waals surface area contributed by atoms with Crippen molar-refractivity contribution >= 4 is 17.4 Å². The van der Waals surface area contributed by atoms with Gasteiger partial charge in [-0.3, -0.25) is 4.90 Å². The number of amides is 2. The second-order valence-corrected chi connectivity index (χ2v) is 7.44. The maximum Gasteiger partial charge on any atom is 0.327 e. The number of benzene rings is 2. The molecule has 0 saturated heterocycles. The quantitative estimate of drug-likeness (QED) is 0.495. The highest BCUT2D eigenvalue weighted by Crippen LogP contribution is 2.29. The number of rotatable bonds is 10. The van der Waals surface area contributed by atoms with Gasteiger partial charge in [0.05, 0.1) is 25.5 Å². The first-order valence-electron chi connectivity index (χ1n) is 10.6. The maximum absolute atomic E-state index is 12.6. The Bertz CT molecular complexity index is 1000. The molecule has 8 nitrogen and oxygen atoms in total. The van der Waals surface area contributed by atoms with Crippen molar-refractivity contribution in [2.45, 2.75) is 12.7 Å². The summed E-state index contributed by atoms with van der Waals surface area (Å²) in [7, 11) is 1.64. The minimum atomic E-state index is -0.268. The molecule has 1 atom stereocenters. The summed E-state index contributed by atoms with van der Waals surface area (Å²) in [5.74, 6) is 0.759. The van der Waals surface area contributed by atoms with Crippen LogP contribution in [-0.2, 0) is 16.0 Å². The van der Waals surface area contributed by atoms with Gasteiger partial charge >= 0.3 is 6.03 Å². The van der Waals surface area contributed by atoms with E-state index in [0.717, 1.165) is 33.8 Å². The van der Waals surface area contributed by atoms with Crippen LogP contribution in [0.3, 0.4) is 0 Å². The first-order valence-corrected chi connectivity index (χ1v) is 10.6. The van der Waals surface area contributed by atoms with E-state index in [4.69, 9.17) is 19.9 Å². The van der Waals surface area contributed by atoms with Crippen molar-refractivity contribution in [3.8, 4) is 5.75 Å². The van der Waals surface area contributed by atoms with Gasteiger partial charge in [-0.1, -0.05) is 24.3 Å². The SMILES string of the molecule is COCCOCCOc1cccc(C2=CC3=CN(c4ccc(CN)cc4)C(=O)NC3N2)c1. The van der Waals surface area contributed by atoms with Crippen LogP contribution in [0.2, 0.25) is 0 Å². The van der Waals surface area contributed by atoms with Gasteiger partial charge in [0.2, 0.25) is 0 Å². The molecule has 4 rings (SSSR count). The second-order valence-electron chi connectivity index (χ2n) is 7.44. The molecule has 0 bridgehead atoms. The summed E-state index contributed by atoms with van der Waals surface area (Å²) in [5.41, 5.74) is 10.3.